The van der Waals surface area contributed by atoms with Crippen molar-refractivity contribution in [2.45, 2.75) is 0 Å². The van der Waals surface area contributed by atoms with Gasteiger partial charge in [0.05, 0.1) is 10.7 Å². The average molecular weight is 223 g/mol. The maximum Gasteiger partial charge on any atom is 0.211 e. The number of carbonyl (C=O) groups is 1. The van der Waals surface area contributed by atoms with E-state index in [2.05, 4.69) is 15.4 Å². The number of amides is 1. The van der Waals surface area contributed by atoms with Crippen LogP contribution in [0.1, 0.15) is 0 Å². The van der Waals surface area contributed by atoms with E-state index in [9.17, 15) is 4.79 Å². The SMILES string of the molecule is O=CNc1cccc(Cl)c1-n1cncn1. The average Bonchev–Trinajstić information content (AvgIpc) is 2.71. The zero-order chi connectivity index (χ0) is 10.7. The van der Waals surface area contributed by atoms with E-state index < -0.39 is 0 Å². The first-order valence-corrected chi connectivity index (χ1v) is 4.54. The second-order valence-corrected chi connectivity index (χ2v) is 3.15. The normalized spacial score (nSPS) is 9.93. The zero-order valence-corrected chi connectivity index (χ0v) is 8.35. The molecule has 0 bridgehead atoms. The quantitative estimate of drug-likeness (QED) is 0.801. The van der Waals surface area contributed by atoms with Crippen LogP contribution in [0.25, 0.3) is 5.69 Å². The molecule has 1 amide bonds. The number of nitrogens with one attached hydrogen (secondary N) is 1. The van der Waals surface area contributed by atoms with Crippen LogP contribution in [-0.4, -0.2) is 21.2 Å². The molecule has 5 nitrogen and oxygen atoms in total. The molecule has 6 heteroatoms. The third-order valence-corrected chi connectivity index (χ3v) is 2.15. The van der Waals surface area contributed by atoms with Gasteiger partial charge in [-0.15, -0.1) is 0 Å². The van der Waals surface area contributed by atoms with Crippen LogP contribution in [-0.2, 0) is 4.79 Å². The first-order valence-electron chi connectivity index (χ1n) is 4.16. The highest BCUT2D eigenvalue weighted by Gasteiger charge is 2.08. The molecule has 0 saturated heterocycles. The van der Waals surface area contributed by atoms with E-state index in [4.69, 9.17) is 11.6 Å². The van der Waals surface area contributed by atoms with Gasteiger partial charge in [0.25, 0.3) is 0 Å². The summed E-state index contributed by atoms with van der Waals surface area (Å²) in [5, 5.41) is 7.00. The van der Waals surface area contributed by atoms with Crippen molar-refractivity contribution in [3.63, 3.8) is 0 Å². The lowest BCUT2D eigenvalue weighted by Gasteiger charge is -2.08. The molecule has 0 radical (unpaired) electrons. The molecule has 0 aliphatic carbocycles. The predicted molar refractivity (Wildman–Crippen MR) is 56.1 cm³/mol. The van der Waals surface area contributed by atoms with E-state index in [-0.39, 0.29) is 0 Å². The fourth-order valence-corrected chi connectivity index (χ4v) is 1.51. The van der Waals surface area contributed by atoms with Crippen LogP contribution in [0, 0.1) is 0 Å². The Morgan fingerprint density at radius 1 is 1.47 bits per heavy atom. The Kier molecular flexibility index (Phi) is 2.64. The summed E-state index contributed by atoms with van der Waals surface area (Å²) in [6.45, 7) is 0. The molecular weight excluding hydrogens is 216 g/mol. The van der Waals surface area contributed by atoms with Gasteiger partial charge in [0.1, 0.15) is 18.3 Å². The monoisotopic (exact) mass is 222 g/mol. The fourth-order valence-electron chi connectivity index (χ4n) is 1.25. The van der Waals surface area contributed by atoms with Crippen LogP contribution in [0.15, 0.2) is 30.9 Å². The molecule has 0 aliphatic heterocycles. The van der Waals surface area contributed by atoms with Gasteiger partial charge in [-0.1, -0.05) is 17.7 Å². The van der Waals surface area contributed by atoms with Gasteiger partial charge < -0.3 is 5.32 Å². The van der Waals surface area contributed by atoms with Crippen molar-refractivity contribution in [1.29, 1.82) is 0 Å². The molecule has 0 unspecified atom stereocenters. The molecule has 1 aromatic carbocycles. The Morgan fingerprint density at radius 2 is 2.33 bits per heavy atom. The number of hydrogen-bond acceptors (Lipinski definition) is 3. The number of para-hydroxylation sites is 1. The molecule has 76 valence electrons. The van der Waals surface area contributed by atoms with Crippen molar-refractivity contribution in [3.05, 3.63) is 35.9 Å². The Balaban J connectivity index is 2.57. The molecule has 1 heterocycles. The summed E-state index contributed by atoms with van der Waals surface area (Å²) >= 11 is 6.01. The zero-order valence-electron chi connectivity index (χ0n) is 7.59. The van der Waals surface area contributed by atoms with Gasteiger partial charge in [0.15, 0.2) is 0 Å². The minimum absolute atomic E-state index is 0.493. The number of halogens is 1. The third kappa shape index (κ3) is 1.82. The molecular formula is C9H7ClN4O. The number of anilines is 1. The fraction of sp³-hybridized carbons (Fsp3) is 0. The van der Waals surface area contributed by atoms with E-state index in [0.29, 0.717) is 22.8 Å². The summed E-state index contributed by atoms with van der Waals surface area (Å²) in [6, 6.07) is 5.19. The third-order valence-electron chi connectivity index (χ3n) is 1.85. The van der Waals surface area contributed by atoms with Gasteiger partial charge in [-0.25, -0.2) is 9.67 Å². The van der Waals surface area contributed by atoms with Crippen LogP contribution >= 0.6 is 11.6 Å². The predicted octanol–water partition coefficient (Wildman–Crippen LogP) is 1.49. The molecule has 0 spiro atoms. The summed E-state index contributed by atoms with van der Waals surface area (Å²) in [5.41, 5.74) is 1.19. The molecule has 2 aromatic rings. The van der Waals surface area contributed by atoms with E-state index in [1.54, 1.807) is 18.2 Å². The number of carbonyl (C=O) groups excluding carboxylic acids is 1. The Hall–Kier alpha value is -1.88. The van der Waals surface area contributed by atoms with Gasteiger partial charge in [0, 0.05) is 0 Å². The van der Waals surface area contributed by atoms with E-state index in [0.717, 1.165) is 0 Å². The maximum atomic E-state index is 10.4. The lowest BCUT2D eigenvalue weighted by Crippen LogP contribution is -2.03. The molecule has 0 fully saturated rings. The van der Waals surface area contributed by atoms with Crippen molar-refractivity contribution >= 4 is 23.7 Å². The topological polar surface area (TPSA) is 59.8 Å². The number of rotatable bonds is 3. The molecule has 1 aromatic heterocycles. The molecule has 2 rings (SSSR count). The number of hydrogen-bond donors (Lipinski definition) is 1. The van der Waals surface area contributed by atoms with Crippen LogP contribution in [0.3, 0.4) is 0 Å². The van der Waals surface area contributed by atoms with Gasteiger partial charge >= 0.3 is 0 Å². The van der Waals surface area contributed by atoms with Crippen molar-refractivity contribution in [2.75, 3.05) is 5.32 Å². The summed E-state index contributed by atoms with van der Waals surface area (Å²) in [4.78, 5) is 14.2. The van der Waals surface area contributed by atoms with Crippen LogP contribution in [0.5, 0.6) is 0 Å². The van der Waals surface area contributed by atoms with E-state index in [1.807, 2.05) is 0 Å². The minimum atomic E-state index is 0.493. The number of benzene rings is 1. The highest BCUT2D eigenvalue weighted by atomic mass is 35.5. The molecule has 15 heavy (non-hydrogen) atoms. The Morgan fingerprint density at radius 3 is 3.00 bits per heavy atom. The Bertz CT molecular complexity index is 469. The van der Waals surface area contributed by atoms with Crippen molar-refractivity contribution in [2.24, 2.45) is 0 Å². The lowest BCUT2D eigenvalue weighted by atomic mass is 10.2. The van der Waals surface area contributed by atoms with Crippen LogP contribution < -0.4 is 5.32 Å². The summed E-state index contributed by atoms with van der Waals surface area (Å²) in [5.74, 6) is 0. The first kappa shape index (κ1) is 9.67. The maximum absolute atomic E-state index is 10.4. The van der Waals surface area contributed by atoms with Crippen LogP contribution in [0.2, 0.25) is 5.02 Å². The number of aromatic nitrogens is 3. The van der Waals surface area contributed by atoms with E-state index >= 15 is 0 Å². The standard InChI is InChI=1S/C9H7ClN4O/c10-7-2-1-3-8(12-6-15)9(7)14-5-11-4-13-14/h1-6H,(H,12,15). The molecule has 0 saturated carbocycles. The van der Waals surface area contributed by atoms with Crippen molar-refractivity contribution in [3.8, 4) is 5.69 Å². The molecule has 1 N–H and O–H groups in total. The lowest BCUT2D eigenvalue weighted by molar-refractivity contribution is -0.105. The summed E-state index contributed by atoms with van der Waals surface area (Å²) in [6.07, 6.45) is 3.50. The van der Waals surface area contributed by atoms with E-state index in [1.165, 1.54) is 17.3 Å². The highest BCUT2D eigenvalue weighted by Crippen LogP contribution is 2.27. The van der Waals surface area contributed by atoms with Crippen LogP contribution in [0.4, 0.5) is 5.69 Å². The first-order chi connectivity index (χ1) is 7.33. The minimum Gasteiger partial charge on any atom is -0.327 e. The molecule has 0 aliphatic rings. The molecule has 0 atom stereocenters. The van der Waals surface area contributed by atoms with Crippen molar-refractivity contribution < 1.29 is 4.79 Å². The van der Waals surface area contributed by atoms with Gasteiger partial charge in [-0.05, 0) is 12.1 Å². The van der Waals surface area contributed by atoms with Gasteiger partial charge in [0.2, 0.25) is 6.41 Å². The van der Waals surface area contributed by atoms with Crippen molar-refractivity contribution in [1.82, 2.24) is 14.8 Å². The second-order valence-electron chi connectivity index (χ2n) is 2.74. The smallest absolute Gasteiger partial charge is 0.211 e. The van der Waals surface area contributed by atoms with Gasteiger partial charge in [-0.2, -0.15) is 5.10 Å². The number of nitrogens with zero attached hydrogens (tertiary/aromatic N) is 3. The second kappa shape index (κ2) is 4.10. The summed E-state index contributed by atoms with van der Waals surface area (Å²) < 4.78 is 1.49. The highest BCUT2D eigenvalue weighted by molar-refractivity contribution is 6.33. The summed E-state index contributed by atoms with van der Waals surface area (Å²) in [7, 11) is 0. The largest absolute Gasteiger partial charge is 0.327 e. The van der Waals surface area contributed by atoms with Gasteiger partial charge in [-0.3, -0.25) is 4.79 Å². The Labute approximate surface area is 90.7 Å².